The molecule has 2 aromatic heterocycles. The molecule has 0 aliphatic carbocycles. The predicted molar refractivity (Wildman–Crippen MR) is 130 cm³/mol. The van der Waals surface area contributed by atoms with Crippen molar-refractivity contribution in [1.82, 2.24) is 19.9 Å². The molecule has 3 N–H and O–H groups in total. The number of anilines is 4. The number of benzene rings is 1. The van der Waals surface area contributed by atoms with Crippen molar-refractivity contribution in [3.63, 3.8) is 0 Å². The van der Waals surface area contributed by atoms with E-state index in [1.165, 1.54) is 11.3 Å². The summed E-state index contributed by atoms with van der Waals surface area (Å²) < 4.78 is 0. The molecule has 0 spiro atoms. The Labute approximate surface area is 197 Å². The average molecular weight is 468 g/mol. The Morgan fingerprint density at radius 1 is 1.18 bits per heavy atom. The quantitative estimate of drug-likeness (QED) is 0.482. The maximum absolute atomic E-state index is 12.8. The summed E-state index contributed by atoms with van der Waals surface area (Å²) in [5, 5.41) is 16.1. The fraction of sp³-hybridized carbons (Fsp3) is 0.435. The smallest absolute Gasteiger partial charge is 0.267 e. The van der Waals surface area contributed by atoms with E-state index in [1.807, 2.05) is 39.0 Å². The van der Waals surface area contributed by atoms with Gasteiger partial charge in [0.2, 0.25) is 11.9 Å². The van der Waals surface area contributed by atoms with Crippen LogP contribution in [0.4, 0.5) is 22.7 Å². The number of aromatic nitrogens is 4. The van der Waals surface area contributed by atoms with Crippen molar-refractivity contribution < 1.29 is 9.90 Å². The Bertz CT molecular complexity index is 1110. The third-order valence-electron chi connectivity index (χ3n) is 5.81. The minimum Gasteiger partial charge on any atom is -0.396 e. The summed E-state index contributed by atoms with van der Waals surface area (Å²) in [5.74, 6) is 1.88. The van der Waals surface area contributed by atoms with Crippen molar-refractivity contribution in [2.24, 2.45) is 5.92 Å². The number of hydrogen-bond donors (Lipinski definition) is 3. The van der Waals surface area contributed by atoms with Crippen LogP contribution >= 0.6 is 11.3 Å². The van der Waals surface area contributed by atoms with E-state index in [0.29, 0.717) is 40.1 Å². The van der Waals surface area contributed by atoms with Gasteiger partial charge in [-0.25, -0.2) is 4.98 Å². The van der Waals surface area contributed by atoms with E-state index in [2.05, 4.69) is 35.5 Å². The zero-order chi connectivity index (χ0) is 23.4. The number of nitrogens with one attached hydrogen (secondary N) is 2. The van der Waals surface area contributed by atoms with E-state index in [-0.39, 0.29) is 12.5 Å². The third kappa shape index (κ3) is 5.45. The first kappa shape index (κ1) is 23.1. The molecule has 9 nitrogen and oxygen atoms in total. The molecule has 0 radical (unpaired) electrons. The van der Waals surface area contributed by atoms with Gasteiger partial charge in [0, 0.05) is 31.8 Å². The Morgan fingerprint density at radius 3 is 2.58 bits per heavy atom. The van der Waals surface area contributed by atoms with Crippen LogP contribution in [0.15, 0.2) is 24.4 Å². The molecule has 1 saturated heterocycles. The molecule has 0 unspecified atom stereocenters. The molecule has 0 saturated carbocycles. The fourth-order valence-electron chi connectivity index (χ4n) is 3.80. The Kier molecular flexibility index (Phi) is 7.14. The van der Waals surface area contributed by atoms with Gasteiger partial charge in [-0.1, -0.05) is 36.5 Å². The first-order chi connectivity index (χ1) is 16.0. The zero-order valence-electron chi connectivity index (χ0n) is 19.1. The van der Waals surface area contributed by atoms with Crippen LogP contribution < -0.4 is 15.5 Å². The van der Waals surface area contributed by atoms with Gasteiger partial charge < -0.3 is 15.3 Å². The summed E-state index contributed by atoms with van der Waals surface area (Å²) >= 11 is 1.25. The number of nitrogens with zero attached hydrogens (tertiary/aromatic N) is 5. The lowest BCUT2D eigenvalue weighted by molar-refractivity contribution is 0.103. The maximum Gasteiger partial charge on any atom is 0.267 e. The van der Waals surface area contributed by atoms with E-state index in [0.717, 1.165) is 42.7 Å². The highest BCUT2D eigenvalue weighted by Gasteiger charge is 2.22. The molecule has 4 rings (SSSR count). The van der Waals surface area contributed by atoms with Crippen LogP contribution in [0.5, 0.6) is 0 Å². The van der Waals surface area contributed by atoms with Crippen molar-refractivity contribution in [3.8, 4) is 0 Å². The topological polar surface area (TPSA) is 116 Å². The summed E-state index contributed by atoms with van der Waals surface area (Å²) in [6.07, 6.45) is 4.06. The van der Waals surface area contributed by atoms with Crippen LogP contribution in [-0.2, 0) is 6.42 Å². The zero-order valence-corrected chi connectivity index (χ0v) is 19.9. The summed E-state index contributed by atoms with van der Waals surface area (Å²) in [7, 11) is 0. The second-order valence-corrected chi connectivity index (χ2v) is 9.25. The average Bonchev–Trinajstić information content (AvgIpc) is 3.30. The van der Waals surface area contributed by atoms with Gasteiger partial charge in [0.05, 0.1) is 6.20 Å². The number of amides is 1. The molecule has 174 valence electrons. The van der Waals surface area contributed by atoms with Crippen LogP contribution in [0.2, 0.25) is 0 Å². The largest absolute Gasteiger partial charge is 0.396 e. The molecule has 1 aromatic carbocycles. The normalized spacial score (nSPS) is 14.4. The number of aliphatic hydroxyl groups excluding tert-OH is 1. The highest BCUT2D eigenvalue weighted by molar-refractivity contribution is 7.17. The molecular formula is C23H29N7O2S. The summed E-state index contributed by atoms with van der Waals surface area (Å²) in [6.45, 7) is 7.77. The first-order valence-electron chi connectivity index (χ1n) is 11.2. The molecule has 1 aliphatic heterocycles. The molecule has 33 heavy (non-hydrogen) atoms. The standard InChI is InChI=1S/C23H29N7O2S/c1-4-18-25-21(28-22(26-18)30-10-8-16(13-31)9-11-30)29-23-24-12-17(33-23)20(32)27-19-14(2)6-5-7-15(19)3/h5-7,12,16,31H,4,8-11,13H2,1-3H3,(H,27,32)(H,24,25,26,28,29). The molecule has 10 heteroatoms. The van der Waals surface area contributed by atoms with E-state index in [1.54, 1.807) is 6.20 Å². The minimum absolute atomic E-state index is 0.199. The molecule has 1 amide bonds. The molecular weight excluding hydrogens is 438 g/mol. The Morgan fingerprint density at radius 2 is 1.91 bits per heavy atom. The van der Waals surface area contributed by atoms with Gasteiger partial charge in [0.15, 0.2) is 5.13 Å². The highest BCUT2D eigenvalue weighted by Crippen LogP contribution is 2.26. The van der Waals surface area contributed by atoms with Crippen LogP contribution in [0.1, 0.15) is 46.4 Å². The van der Waals surface area contributed by atoms with Crippen molar-refractivity contribution >= 4 is 40.0 Å². The predicted octanol–water partition coefficient (Wildman–Crippen LogP) is 3.71. The summed E-state index contributed by atoms with van der Waals surface area (Å²) in [6, 6.07) is 5.91. The second kappa shape index (κ2) is 10.2. The van der Waals surface area contributed by atoms with Crippen molar-refractivity contribution in [2.45, 2.75) is 40.0 Å². The number of aryl methyl sites for hydroxylation is 3. The molecule has 0 atom stereocenters. The molecule has 3 aromatic rings. The lowest BCUT2D eigenvalue weighted by Crippen LogP contribution is -2.36. The summed E-state index contributed by atoms with van der Waals surface area (Å²) in [4.78, 5) is 33.4. The number of para-hydroxylation sites is 1. The van der Waals surface area contributed by atoms with Crippen LogP contribution in [0.3, 0.4) is 0 Å². The van der Waals surface area contributed by atoms with Crippen LogP contribution in [-0.4, -0.2) is 50.6 Å². The third-order valence-corrected chi connectivity index (χ3v) is 6.72. The SMILES string of the molecule is CCc1nc(Nc2ncc(C(=O)Nc3c(C)cccc3C)s2)nc(N2CCC(CO)CC2)n1. The lowest BCUT2D eigenvalue weighted by Gasteiger charge is -2.31. The van der Waals surface area contributed by atoms with Gasteiger partial charge in [-0.05, 0) is 43.7 Å². The van der Waals surface area contributed by atoms with E-state index < -0.39 is 0 Å². The lowest BCUT2D eigenvalue weighted by atomic mass is 9.98. The second-order valence-electron chi connectivity index (χ2n) is 8.22. The molecule has 0 bridgehead atoms. The fourth-order valence-corrected chi connectivity index (χ4v) is 4.50. The van der Waals surface area contributed by atoms with Gasteiger partial charge in [0.25, 0.3) is 5.91 Å². The number of carbonyl (C=O) groups is 1. The van der Waals surface area contributed by atoms with Crippen LogP contribution in [0, 0.1) is 19.8 Å². The number of carbonyl (C=O) groups excluding carboxylic acids is 1. The van der Waals surface area contributed by atoms with E-state index in [4.69, 9.17) is 0 Å². The van der Waals surface area contributed by atoms with Gasteiger partial charge >= 0.3 is 0 Å². The maximum atomic E-state index is 12.8. The van der Waals surface area contributed by atoms with Gasteiger partial charge in [-0.15, -0.1) is 0 Å². The molecule has 3 heterocycles. The number of hydrogen-bond acceptors (Lipinski definition) is 9. The first-order valence-corrected chi connectivity index (χ1v) is 12.0. The van der Waals surface area contributed by atoms with E-state index in [9.17, 15) is 9.90 Å². The Balaban J connectivity index is 1.48. The van der Waals surface area contributed by atoms with Crippen molar-refractivity contribution in [1.29, 1.82) is 0 Å². The number of aliphatic hydroxyl groups is 1. The molecule has 1 fully saturated rings. The van der Waals surface area contributed by atoms with Gasteiger partial charge in [0.1, 0.15) is 10.7 Å². The number of rotatable bonds is 7. The number of thiazole rings is 1. The van der Waals surface area contributed by atoms with Crippen molar-refractivity contribution in [3.05, 3.63) is 46.2 Å². The van der Waals surface area contributed by atoms with Gasteiger partial charge in [-0.3, -0.25) is 10.1 Å². The minimum atomic E-state index is -0.199. The monoisotopic (exact) mass is 467 g/mol. The van der Waals surface area contributed by atoms with Crippen LogP contribution in [0.25, 0.3) is 0 Å². The summed E-state index contributed by atoms with van der Waals surface area (Å²) in [5.41, 5.74) is 2.85. The number of piperidine rings is 1. The van der Waals surface area contributed by atoms with E-state index >= 15 is 0 Å². The molecule has 1 aliphatic rings. The van der Waals surface area contributed by atoms with Gasteiger partial charge in [-0.2, -0.15) is 15.0 Å². The van der Waals surface area contributed by atoms with Crippen molar-refractivity contribution in [2.75, 3.05) is 35.2 Å². The Hall–Kier alpha value is -3.11. The highest BCUT2D eigenvalue weighted by atomic mass is 32.1.